The zero-order chi connectivity index (χ0) is 15.0. The minimum absolute atomic E-state index is 0.115. The van der Waals surface area contributed by atoms with Gasteiger partial charge in [-0.05, 0) is 44.1 Å². The second-order valence-corrected chi connectivity index (χ2v) is 6.92. The van der Waals surface area contributed by atoms with Crippen LogP contribution >= 0.6 is 0 Å². The first-order chi connectivity index (χ1) is 9.16. The Labute approximate surface area is 117 Å². The number of hydrogen-bond acceptors (Lipinski definition) is 2. The average Bonchev–Trinajstić information content (AvgIpc) is 2.81. The highest BCUT2D eigenvalue weighted by Gasteiger charge is 2.61. The van der Waals surface area contributed by atoms with E-state index in [1.165, 1.54) is 0 Å². The van der Waals surface area contributed by atoms with E-state index in [1.54, 1.807) is 0 Å². The van der Waals surface area contributed by atoms with Gasteiger partial charge in [0.2, 0.25) is 5.91 Å². The van der Waals surface area contributed by atoms with Crippen LogP contribution in [0.15, 0.2) is 0 Å². The first-order valence-electron chi connectivity index (χ1n) is 7.25. The highest BCUT2D eigenvalue weighted by Crippen LogP contribution is 2.43. The van der Waals surface area contributed by atoms with Gasteiger partial charge in [-0.2, -0.15) is 13.2 Å². The predicted molar refractivity (Wildman–Crippen MR) is 70.2 cm³/mol. The molecule has 2 rings (SSSR count). The highest BCUT2D eigenvalue weighted by molar-refractivity contribution is 5.84. The zero-order valence-electron chi connectivity index (χ0n) is 12.1. The number of carbonyl (C=O) groups is 1. The lowest BCUT2D eigenvalue weighted by molar-refractivity contribution is -0.216. The maximum atomic E-state index is 13.2. The van der Waals surface area contributed by atoms with Crippen LogP contribution in [0.25, 0.3) is 0 Å². The molecular weight excluding hydrogens is 269 g/mol. The van der Waals surface area contributed by atoms with E-state index in [0.717, 1.165) is 25.7 Å². The molecule has 1 heterocycles. The molecule has 20 heavy (non-hydrogen) atoms. The predicted octanol–water partition coefficient (Wildman–Crippen LogP) is 2.61. The molecule has 1 amide bonds. The quantitative estimate of drug-likeness (QED) is 0.821. The summed E-state index contributed by atoms with van der Waals surface area (Å²) in [5.74, 6) is -0.847. The number of carbonyl (C=O) groups excluding carboxylic acids is 1. The minimum Gasteiger partial charge on any atom is -0.353 e. The highest BCUT2D eigenvalue weighted by atomic mass is 19.4. The standard InChI is InChI=1S/C14H23F3N2O/c1-12(2)5-3-10(4-6-12)19-11(20)13(14(15,16)17)7-8-18-9-13/h10,18H,3-9H2,1-2H3,(H,19,20). The van der Waals surface area contributed by atoms with Crippen molar-refractivity contribution in [3.8, 4) is 0 Å². The molecule has 6 heteroatoms. The van der Waals surface area contributed by atoms with E-state index >= 15 is 0 Å². The molecule has 1 atom stereocenters. The first-order valence-corrected chi connectivity index (χ1v) is 7.25. The summed E-state index contributed by atoms with van der Waals surface area (Å²) in [6.45, 7) is 4.25. The minimum atomic E-state index is -4.49. The Bertz CT molecular complexity index is 363. The van der Waals surface area contributed by atoms with Gasteiger partial charge in [-0.15, -0.1) is 0 Å². The SMILES string of the molecule is CC1(C)CCC(NC(=O)C2(C(F)(F)F)CCNC2)CC1. The van der Waals surface area contributed by atoms with Crippen molar-refractivity contribution in [1.82, 2.24) is 10.6 Å². The maximum Gasteiger partial charge on any atom is 0.404 e. The monoisotopic (exact) mass is 292 g/mol. The summed E-state index contributed by atoms with van der Waals surface area (Å²) >= 11 is 0. The molecule has 1 aliphatic heterocycles. The first kappa shape index (κ1) is 15.6. The van der Waals surface area contributed by atoms with Crippen molar-refractivity contribution in [2.75, 3.05) is 13.1 Å². The Morgan fingerprint density at radius 3 is 2.25 bits per heavy atom. The summed E-state index contributed by atoms with van der Waals surface area (Å²) in [6, 6.07) is -0.115. The Morgan fingerprint density at radius 2 is 1.80 bits per heavy atom. The van der Waals surface area contributed by atoms with Gasteiger partial charge in [0.15, 0.2) is 5.41 Å². The van der Waals surface area contributed by atoms with Crippen molar-refractivity contribution < 1.29 is 18.0 Å². The summed E-state index contributed by atoms with van der Waals surface area (Å²) in [7, 11) is 0. The van der Waals surface area contributed by atoms with Gasteiger partial charge in [0.1, 0.15) is 0 Å². The fourth-order valence-electron chi connectivity index (χ4n) is 3.12. The fraction of sp³-hybridized carbons (Fsp3) is 0.929. The number of amides is 1. The molecule has 116 valence electrons. The topological polar surface area (TPSA) is 41.1 Å². The van der Waals surface area contributed by atoms with Gasteiger partial charge in [-0.25, -0.2) is 0 Å². The van der Waals surface area contributed by atoms with Crippen LogP contribution in [-0.4, -0.2) is 31.2 Å². The van der Waals surface area contributed by atoms with Crippen molar-refractivity contribution in [2.45, 2.75) is 58.2 Å². The van der Waals surface area contributed by atoms with Crippen molar-refractivity contribution in [3.63, 3.8) is 0 Å². The second-order valence-electron chi connectivity index (χ2n) is 6.92. The van der Waals surface area contributed by atoms with Crippen LogP contribution < -0.4 is 10.6 Å². The molecule has 1 saturated carbocycles. The molecule has 2 N–H and O–H groups in total. The molecule has 1 saturated heterocycles. The third-order valence-electron chi connectivity index (χ3n) is 4.81. The molecule has 3 nitrogen and oxygen atoms in total. The third kappa shape index (κ3) is 2.95. The lowest BCUT2D eigenvalue weighted by atomic mass is 9.75. The molecular formula is C14H23F3N2O. The van der Waals surface area contributed by atoms with Crippen LogP contribution in [0, 0.1) is 10.8 Å². The molecule has 2 fully saturated rings. The molecule has 0 radical (unpaired) electrons. The molecule has 0 bridgehead atoms. The fourth-order valence-corrected chi connectivity index (χ4v) is 3.12. The van der Waals surface area contributed by atoms with Crippen molar-refractivity contribution in [2.24, 2.45) is 10.8 Å². The van der Waals surface area contributed by atoms with Crippen molar-refractivity contribution >= 4 is 5.91 Å². The Balaban J connectivity index is 2.00. The lowest BCUT2D eigenvalue weighted by Gasteiger charge is -2.37. The van der Waals surface area contributed by atoms with Gasteiger partial charge in [0.05, 0.1) is 0 Å². The van der Waals surface area contributed by atoms with E-state index in [-0.39, 0.29) is 31.0 Å². The largest absolute Gasteiger partial charge is 0.404 e. The van der Waals surface area contributed by atoms with Crippen LogP contribution in [-0.2, 0) is 4.79 Å². The van der Waals surface area contributed by atoms with Crippen LogP contribution in [0.1, 0.15) is 46.0 Å². The molecule has 0 aromatic heterocycles. The second kappa shape index (κ2) is 5.20. The van der Waals surface area contributed by atoms with Gasteiger partial charge in [-0.3, -0.25) is 4.79 Å². The molecule has 1 unspecified atom stereocenters. The van der Waals surface area contributed by atoms with E-state index < -0.39 is 17.5 Å². The number of hydrogen-bond donors (Lipinski definition) is 2. The van der Waals surface area contributed by atoms with E-state index in [0.29, 0.717) is 0 Å². The Hall–Kier alpha value is -0.780. The third-order valence-corrected chi connectivity index (χ3v) is 4.81. The van der Waals surface area contributed by atoms with Gasteiger partial charge in [0.25, 0.3) is 0 Å². The Kier molecular flexibility index (Phi) is 4.06. The molecule has 0 aromatic carbocycles. The van der Waals surface area contributed by atoms with Gasteiger partial charge < -0.3 is 10.6 Å². The lowest BCUT2D eigenvalue weighted by Crippen LogP contribution is -2.55. The van der Waals surface area contributed by atoms with Gasteiger partial charge in [-0.1, -0.05) is 13.8 Å². The Morgan fingerprint density at radius 1 is 1.20 bits per heavy atom. The van der Waals surface area contributed by atoms with Gasteiger partial charge >= 0.3 is 6.18 Å². The molecule has 0 spiro atoms. The molecule has 0 aromatic rings. The summed E-state index contributed by atoms with van der Waals surface area (Å²) < 4.78 is 39.7. The normalized spacial score (nSPS) is 31.2. The van der Waals surface area contributed by atoms with E-state index in [9.17, 15) is 18.0 Å². The summed E-state index contributed by atoms with van der Waals surface area (Å²) in [5.41, 5.74) is -2.00. The number of halogens is 3. The smallest absolute Gasteiger partial charge is 0.353 e. The van der Waals surface area contributed by atoms with E-state index in [1.807, 2.05) is 0 Å². The van der Waals surface area contributed by atoms with Crippen molar-refractivity contribution in [1.29, 1.82) is 0 Å². The van der Waals surface area contributed by atoms with Gasteiger partial charge in [0, 0.05) is 12.6 Å². The maximum absolute atomic E-state index is 13.2. The van der Waals surface area contributed by atoms with Crippen LogP contribution in [0.4, 0.5) is 13.2 Å². The summed E-state index contributed by atoms with van der Waals surface area (Å²) in [4.78, 5) is 12.2. The summed E-state index contributed by atoms with van der Waals surface area (Å²) in [5, 5.41) is 5.32. The van der Waals surface area contributed by atoms with Crippen LogP contribution in [0.3, 0.4) is 0 Å². The molecule has 1 aliphatic carbocycles. The van der Waals surface area contributed by atoms with E-state index in [4.69, 9.17) is 0 Å². The average molecular weight is 292 g/mol. The summed E-state index contributed by atoms with van der Waals surface area (Å²) in [6.07, 6.45) is -1.25. The number of alkyl halides is 3. The van der Waals surface area contributed by atoms with Crippen molar-refractivity contribution in [3.05, 3.63) is 0 Å². The zero-order valence-corrected chi connectivity index (χ0v) is 12.1. The van der Waals surface area contributed by atoms with Crippen LogP contribution in [0.5, 0.6) is 0 Å². The number of nitrogens with one attached hydrogen (secondary N) is 2. The number of rotatable bonds is 2. The van der Waals surface area contributed by atoms with Crippen LogP contribution in [0.2, 0.25) is 0 Å². The molecule has 2 aliphatic rings. The van der Waals surface area contributed by atoms with E-state index in [2.05, 4.69) is 24.5 Å².